The minimum atomic E-state index is -2.86. The van der Waals surface area contributed by atoms with Crippen LogP contribution in [0, 0.1) is 29.6 Å². The summed E-state index contributed by atoms with van der Waals surface area (Å²) in [6.45, 7) is 7.92. The van der Waals surface area contributed by atoms with Gasteiger partial charge in [0.05, 0.1) is 31.5 Å². The van der Waals surface area contributed by atoms with Crippen LogP contribution in [0.1, 0.15) is 73.9 Å². The number of nitrogens with zero attached hydrogens (tertiary/aromatic N) is 2. The first-order valence-electron chi connectivity index (χ1n) is 18.3. The number of anilines is 1. The largest absolute Gasteiger partial charge is 0.490 e. The van der Waals surface area contributed by atoms with E-state index in [-0.39, 0.29) is 35.5 Å². The Morgan fingerprint density at radius 2 is 1.80 bits per heavy atom. The van der Waals surface area contributed by atoms with E-state index in [2.05, 4.69) is 60.5 Å². The monoisotopic (exact) mass is 711 g/mol. The number of hydrogen-bond acceptors (Lipinski definition) is 7. The summed E-state index contributed by atoms with van der Waals surface area (Å²) in [7, 11) is 1.31. The molecule has 268 valence electrons. The molecule has 2 aromatic carbocycles. The number of fused-ring (bicyclic) bond motifs is 4. The first-order chi connectivity index (χ1) is 23.4. The van der Waals surface area contributed by atoms with Gasteiger partial charge in [0.1, 0.15) is 5.75 Å². The van der Waals surface area contributed by atoms with Gasteiger partial charge in [0.15, 0.2) is 6.29 Å². The summed E-state index contributed by atoms with van der Waals surface area (Å²) >= 11 is 6.49. The molecule has 1 saturated carbocycles. The molecule has 0 radical (unpaired) electrons. The molecule has 2 aromatic rings. The summed E-state index contributed by atoms with van der Waals surface area (Å²) in [5.74, 6) is 6.41. The van der Waals surface area contributed by atoms with Crippen LogP contribution in [0.5, 0.6) is 5.75 Å². The lowest BCUT2D eigenvalue weighted by Crippen LogP contribution is -2.52. The van der Waals surface area contributed by atoms with Gasteiger partial charge in [-0.25, -0.2) is 4.21 Å². The highest BCUT2D eigenvalue weighted by Crippen LogP contribution is 2.49. The Morgan fingerprint density at radius 1 is 1.02 bits per heavy atom. The van der Waals surface area contributed by atoms with Gasteiger partial charge in [-0.15, -0.1) is 0 Å². The van der Waals surface area contributed by atoms with E-state index in [1.807, 2.05) is 18.2 Å². The second kappa shape index (κ2) is 14.0. The third kappa shape index (κ3) is 7.25. The van der Waals surface area contributed by atoms with Gasteiger partial charge >= 0.3 is 0 Å². The molecule has 3 aliphatic heterocycles. The van der Waals surface area contributed by atoms with E-state index in [0.29, 0.717) is 48.9 Å². The van der Waals surface area contributed by atoms with E-state index in [0.717, 1.165) is 74.5 Å². The van der Waals surface area contributed by atoms with E-state index >= 15 is 0 Å². The van der Waals surface area contributed by atoms with E-state index < -0.39 is 9.71 Å². The molecule has 8 nitrogen and oxygen atoms in total. The normalized spacial score (nSPS) is 36.9. The van der Waals surface area contributed by atoms with Crippen LogP contribution in [-0.4, -0.2) is 86.0 Å². The fourth-order valence-corrected chi connectivity index (χ4v) is 11.0. The lowest BCUT2D eigenvalue weighted by molar-refractivity contribution is -0.241. The van der Waals surface area contributed by atoms with Crippen LogP contribution in [0.2, 0.25) is 5.02 Å². The Balaban J connectivity index is 1.26. The highest BCUT2D eigenvalue weighted by atomic mass is 35.5. The van der Waals surface area contributed by atoms with Crippen LogP contribution in [0.15, 0.2) is 36.4 Å². The highest BCUT2D eigenvalue weighted by Gasteiger charge is 2.47. The molecule has 2 aliphatic carbocycles. The van der Waals surface area contributed by atoms with Crippen LogP contribution in [0.3, 0.4) is 0 Å². The maximum atomic E-state index is 13.7. The Kier molecular flexibility index (Phi) is 10.0. The number of carbonyl (C=O) groups excluding carboxylic acids is 1. The predicted octanol–water partition coefficient (Wildman–Crippen LogP) is 6.19. The van der Waals surface area contributed by atoms with Crippen molar-refractivity contribution in [2.24, 2.45) is 29.6 Å². The molecule has 1 amide bonds. The molecule has 2 fully saturated rings. The number of carbonyl (C=O) groups is 1. The zero-order valence-electron chi connectivity index (χ0n) is 29.6. The van der Waals surface area contributed by atoms with Crippen molar-refractivity contribution in [1.82, 2.24) is 9.62 Å². The van der Waals surface area contributed by atoms with Gasteiger partial charge in [0, 0.05) is 50.5 Å². The Labute approximate surface area is 298 Å². The van der Waals surface area contributed by atoms with Crippen LogP contribution < -0.4 is 14.4 Å². The summed E-state index contributed by atoms with van der Waals surface area (Å²) in [6, 6.07) is 12.3. The number of hydrogen-bond donors (Lipinski definition) is 1. The Hall–Kier alpha value is -2.30. The van der Waals surface area contributed by atoms with Crippen LogP contribution in [0.4, 0.5) is 5.69 Å². The number of ether oxygens (including phenoxy) is 3. The molecule has 3 heterocycles. The second-order valence-electron chi connectivity index (χ2n) is 16.0. The minimum Gasteiger partial charge on any atom is -0.490 e. The fraction of sp³-hybridized carbons (Fsp3) is 0.641. The van der Waals surface area contributed by atoms with Gasteiger partial charge < -0.3 is 24.0 Å². The summed E-state index contributed by atoms with van der Waals surface area (Å²) in [5.41, 5.74) is 3.83. The number of rotatable bonds is 2. The molecule has 2 bridgehead atoms. The van der Waals surface area contributed by atoms with Gasteiger partial charge in [-0.3, -0.25) is 9.52 Å². The van der Waals surface area contributed by atoms with Crippen molar-refractivity contribution in [3.05, 3.63) is 58.1 Å². The van der Waals surface area contributed by atoms with Crippen molar-refractivity contribution in [2.45, 2.75) is 76.5 Å². The van der Waals surface area contributed by atoms with Gasteiger partial charge in [-0.2, -0.15) is 0 Å². The van der Waals surface area contributed by atoms with Crippen molar-refractivity contribution in [3.8, 4) is 5.75 Å². The quantitative estimate of drug-likeness (QED) is 0.373. The summed E-state index contributed by atoms with van der Waals surface area (Å²) in [4.78, 5) is 18.3. The molecular weight excluding hydrogens is 658 g/mol. The molecule has 10 heteroatoms. The van der Waals surface area contributed by atoms with Crippen LogP contribution in [0.25, 0.3) is 0 Å². The molecule has 7 atom stereocenters. The molecule has 1 saturated heterocycles. The Morgan fingerprint density at radius 3 is 2.53 bits per heavy atom. The van der Waals surface area contributed by atoms with Crippen molar-refractivity contribution in [3.63, 3.8) is 0 Å². The number of likely N-dealkylation sites (N-methyl/N-ethyl adjacent to an activating group) is 1. The van der Waals surface area contributed by atoms with E-state index in [9.17, 15) is 9.00 Å². The molecule has 5 aliphatic rings. The standard InChI is InChI=1S/C39H54ClN3O5S/c1-25-8-12-33(38-46-20-31(21-47-38)42(3)4)32-13-9-29(32)19-43-23-39(16-6-7-27-17-30(40)11-14-34(27)39)24-48-36-15-10-28(18-35(36)43)37(44)41-49(5,45)22-26(25)2/h10-11,14-15,17-18,25-26,29,31-33,38H,5-9,12-13,16,19-24H2,1-4H3,(H,41,44,45)/t25-,26+,29+,31?,32-,33-,38?,39+,49?/m1/s1. The van der Waals surface area contributed by atoms with E-state index in [4.69, 9.17) is 25.8 Å². The number of amides is 1. The zero-order chi connectivity index (χ0) is 34.5. The molecule has 1 unspecified atom stereocenters. The van der Waals surface area contributed by atoms with Gasteiger partial charge in [-0.1, -0.05) is 31.5 Å². The lowest BCUT2D eigenvalue weighted by Gasteiger charge is -2.49. The van der Waals surface area contributed by atoms with E-state index in [1.165, 1.54) is 11.1 Å². The third-order valence-electron chi connectivity index (χ3n) is 12.5. The predicted molar refractivity (Wildman–Crippen MR) is 198 cm³/mol. The average molecular weight is 712 g/mol. The molecule has 1 N–H and O–H groups in total. The van der Waals surface area contributed by atoms with Gasteiger partial charge in [0.2, 0.25) is 0 Å². The number of aryl methyl sites for hydroxylation is 1. The number of nitrogens with one attached hydrogen (secondary N) is 1. The van der Waals surface area contributed by atoms with Crippen molar-refractivity contribution in [2.75, 3.05) is 57.7 Å². The fourth-order valence-electron chi connectivity index (χ4n) is 9.13. The van der Waals surface area contributed by atoms with Gasteiger partial charge in [-0.05, 0) is 130 Å². The molecular formula is C39H54ClN3O5S. The molecule has 1 spiro atoms. The SMILES string of the molecule is C=S1(=O)C[C@H](C)[C@H](C)CC[C@@H](C2OCC(N(C)C)CO2)[C@@H]2CC[C@H]2CN2C[C@@]3(CCCc4cc(Cl)ccc43)COc3ccc(cc32)C(=O)N1. The van der Waals surface area contributed by atoms with Crippen LogP contribution in [-0.2, 0) is 31.0 Å². The van der Waals surface area contributed by atoms with Gasteiger partial charge in [0.25, 0.3) is 5.91 Å². The van der Waals surface area contributed by atoms with Crippen LogP contribution >= 0.6 is 11.6 Å². The highest BCUT2D eigenvalue weighted by molar-refractivity contribution is 7.99. The first kappa shape index (κ1) is 35.1. The average Bonchev–Trinajstić information content (AvgIpc) is 3.20. The molecule has 0 aromatic heterocycles. The summed E-state index contributed by atoms with van der Waals surface area (Å²) < 4.78 is 36.3. The van der Waals surface area contributed by atoms with Crippen molar-refractivity contribution >= 4 is 38.8 Å². The topological polar surface area (TPSA) is 80.3 Å². The Bertz CT molecular complexity index is 1640. The third-order valence-corrected chi connectivity index (χ3v) is 14.4. The maximum absolute atomic E-state index is 13.7. The molecule has 7 rings (SSSR count). The summed E-state index contributed by atoms with van der Waals surface area (Å²) in [5, 5.41) is 0.771. The first-order valence-corrected chi connectivity index (χ1v) is 20.6. The zero-order valence-corrected chi connectivity index (χ0v) is 31.2. The minimum absolute atomic E-state index is 0.128. The van der Waals surface area contributed by atoms with Crippen molar-refractivity contribution in [1.29, 1.82) is 0 Å². The van der Waals surface area contributed by atoms with E-state index in [1.54, 1.807) is 6.07 Å². The lowest BCUT2D eigenvalue weighted by atomic mass is 9.64. The second-order valence-corrected chi connectivity index (χ2v) is 18.6. The van der Waals surface area contributed by atoms with Crippen molar-refractivity contribution < 1.29 is 23.2 Å². The summed E-state index contributed by atoms with van der Waals surface area (Å²) in [6.07, 6.45) is 7.13. The smallest absolute Gasteiger partial charge is 0.262 e. The molecule has 49 heavy (non-hydrogen) atoms. The number of halogens is 1. The number of benzene rings is 2. The maximum Gasteiger partial charge on any atom is 0.262 e.